The number of anilines is 1. The van der Waals surface area contributed by atoms with Crippen molar-refractivity contribution in [2.45, 2.75) is 13.5 Å². The van der Waals surface area contributed by atoms with Crippen LogP contribution in [0.2, 0.25) is 4.34 Å². The van der Waals surface area contributed by atoms with E-state index in [1.165, 1.54) is 27.8 Å². The molecular weight excluding hydrogens is 456 g/mol. The van der Waals surface area contributed by atoms with Crippen LogP contribution in [0.25, 0.3) is 5.69 Å². The quantitative estimate of drug-likeness (QED) is 0.537. The summed E-state index contributed by atoms with van der Waals surface area (Å²) < 4.78 is 3.90. The Morgan fingerprint density at radius 2 is 1.87 bits per heavy atom. The first-order valence-corrected chi connectivity index (χ1v) is 11.8. The van der Waals surface area contributed by atoms with Gasteiger partial charge in [0.2, 0.25) is 11.8 Å². The number of hydrogen-bond donors (Lipinski definition) is 1. The van der Waals surface area contributed by atoms with E-state index in [-0.39, 0.29) is 34.6 Å². The zero-order valence-electron chi connectivity index (χ0n) is 17.4. The number of aromatic nitrogens is 2. The highest BCUT2D eigenvalue weighted by Crippen LogP contribution is 2.22. The summed E-state index contributed by atoms with van der Waals surface area (Å²) in [4.78, 5) is 40.1. The van der Waals surface area contributed by atoms with Crippen molar-refractivity contribution in [1.82, 2.24) is 14.3 Å². The van der Waals surface area contributed by atoms with Crippen LogP contribution in [0.5, 0.6) is 0 Å². The number of thiophene rings is 1. The Kier molecular flexibility index (Phi) is 7.64. The normalized spacial score (nSPS) is 10.8. The van der Waals surface area contributed by atoms with Crippen LogP contribution >= 0.6 is 34.7 Å². The van der Waals surface area contributed by atoms with Crippen LogP contribution < -0.4 is 10.9 Å². The Morgan fingerprint density at radius 1 is 1.16 bits per heavy atom. The van der Waals surface area contributed by atoms with Gasteiger partial charge in [0.25, 0.3) is 5.56 Å². The van der Waals surface area contributed by atoms with Crippen molar-refractivity contribution in [1.29, 1.82) is 0 Å². The topological polar surface area (TPSA) is 76.3 Å². The molecule has 0 aliphatic heterocycles. The van der Waals surface area contributed by atoms with Gasteiger partial charge in [-0.1, -0.05) is 29.8 Å². The summed E-state index contributed by atoms with van der Waals surface area (Å²) in [5.74, 6) is -0.157. The summed E-state index contributed by atoms with van der Waals surface area (Å²) in [6.45, 7) is 2.25. The first-order chi connectivity index (χ1) is 14.8. The second-order valence-corrected chi connectivity index (χ2v) is 9.72. The third-order valence-electron chi connectivity index (χ3n) is 4.72. The lowest BCUT2D eigenvalue weighted by Gasteiger charge is -2.15. The number of benzene rings is 1. The number of hydrogen-bond acceptors (Lipinski definition) is 5. The van der Waals surface area contributed by atoms with E-state index in [4.69, 9.17) is 11.6 Å². The first kappa shape index (κ1) is 23.2. The van der Waals surface area contributed by atoms with Crippen LogP contribution in [-0.4, -0.2) is 44.6 Å². The molecule has 0 bridgehead atoms. The molecule has 0 spiro atoms. The predicted octanol–water partition coefficient (Wildman–Crippen LogP) is 3.53. The second kappa shape index (κ2) is 10.2. The number of carbonyl (C=O) groups excluding carboxylic acids is 2. The molecular formula is C21H23ClN4O3S2. The Balaban J connectivity index is 1.55. The number of halogens is 1. The average molecular weight is 479 g/mol. The third kappa shape index (κ3) is 5.61. The number of amides is 2. The van der Waals surface area contributed by atoms with E-state index in [1.54, 1.807) is 36.7 Å². The maximum absolute atomic E-state index is 12.8. The van der Waals surface area contributed by atoms with E-state index in [0.717, 1.165) is 4.88 Å². The van der Waals surface area contributed by atoms with Crippen LogP contribution in [0.1, 0.15) is 10.6 Å². The predicted molar refractivity (Wildman–Crippen MR) is 128 cm³/mol. The zero-order valence-corrected chi connectivity index (χ0v) is 19.8. The fraction of sp³-hybridized carbons (Fsp3) is 0.286. The molecule has 3 aromatic rings. The highest BCUT2D eigenvalue weighted by Gasteiger charge is 2.18. The van der Waals surface area contributed by atoms with Gasteiger partial charge in [-0.15, -0.1) is 23.1 Å². The molecule has 1 aromatic carbocycles. The first-order valence-electron chi connectivity index (χ1n) is 9.47. The molecule has 164 valence electrons. The van der Waals surface area contributed by atoms with Crippen molar-refractivity contribution in [3.05, 3.63) is 67.7 Å². The van der Waals surface area contributed by atoms with Gasteiger partial charge in [0.05, 0.1) is 33.8 Å². The number of para-hydroxylation sites is 1. The van der Waals surface area contributed by atoms with Gasteiger partial charge in [-0.05, 0) is 31.2 Å². The average Bonchev–Trinajstić information content (AvgIpc) is 3.24. The number of thioether (sulfide) groups is 1. The van der Waals surface area contributed by atoms with Crippen LogP contribution in [-0.2, 0) is 23.2 Å². The lowest BCUT2D eigenvalue weighted by atomic mass is 10.3. The molecule has 2 amide bonds. The summed E-state index contributed by atoms with van der Waals surface area (Å²) in [5, 5.41) is 2.70. The van der Waals surface area contributed by atoms with Crippen molar-refractivity contribution in [2.24, 2.45) is 7.05 Å². The maximum Gasteiger partial charge on any atom is 0.295 e. The lowest BCUT2D eigenvalue weighted by molar-refractivity contribution is -0.127. The van der Waals surface area contributed by atoms with Gasteiger partial charge in [-0.3, -0.25) is 19.1 Å². The fourth-order valence-corrected chi connectivity index (χ4v) is 4.88. The van der Waals surface area contributed by atoms with Crippen molar-refractivity contribution in [3.8, 4) is 5.69 Å². The van der Waals surface area contributed by atoms with Gasteiger partial charge < -0.3 is 10.2 Å². The van der Waals surface area contributed by atoms with Gasteiger partial charge in [0.1, 0.15) is 5.69 Å². The number of carbonyl (C=O) groups is 2. The molecule has 0 atom stereocenters. The molecule has 0 saturated heterocycles. The van der Waals surface area contributed by atoms with Crippen molar-refractivity contribution in [3.63, 3.8) is 0 Å². The van der Waals surface area contributed by atoms with Crippen LogP contribution in [0, 0.1) is 6.92 Å². The highest BCUT2D eigenvalue weighted by atomic mass is 35.5. The third-order valence-corrected chi connectivity index (χ3v) is 6.86. The minimum atomic E-state index is -0.323. The smallest absolute Gasteiger partial charge is 0.295 e. The summed E-state index contributed by atoms with van der Waals surface area (Å²) in [6, 6.07) is 12.9. The fourth-order valence-electron chi connectivity index (χ4n) is 2.99. The van der Waals surface area contributed by atoms with Gasteiger partial charge in [-0.25, -0.2) is 4.68 Å². The van der Waals surface area contributed by atoms with E-state index < -0.39 is 0 Å². The molecule has 1 N–H and O–H groups in total. The summed E-state index contributed by atoms with van der Waals surface area (Å²) >= 11 is 8.56. The second-order valence-electron chi connectivity index (χ2n) is 6.93. The van der Waals surface area contributed by atoms with E-state index in [2.05, 4.69) is 5.32 Å². The van der Waals surface area contributed by atoms with Crippen molar-refractivity contribution >= 4 is 52.2 Å². The standard InChI is InChI=1S/C21H23ClN4O3S2/c1-14-20(21(29)26(25(14)3)15-7-5-4-6-8-15)23-18(27)12-30-13-19(28)24(2)11-16-9-10-17(22)31-16/h4-10H,11-13H2,1-3H3,(H,23,27). The molecule has 0 saturated carbocycles. The monoisotopic (exact) mass is 478 g/mol. The Bertz CT molecular complexity index is 1140. The van der Waals surface area contributed by atoms with E-state index in [1.807, 2.05) is 36.4 Å². The van der Waals surface area contributed by atoms with Gasteiger partial charge in [0.15, 0.2) is 0 Å². The van der Waals surface area contributed by atoms with Crippen molar-refractivity contribution in [2.75, 3.05) is 23.9 Å². The van der Waals surface area contributed by atoms with E-state index >= 15 is 0 Å². The molecule has 10 heteroatoms. The molecule has 0 aliphatic rings. The van der Waals surface area contributed by atoms with Crippen LogP contribution in [0.3, 0.4) is 0 Å². The maximum atomic E-state index is 12.8. The molecule has 31 heavy (non-hydrogen) atoms. The largest absolute Gasteiger partial charge is 0.340 e. The Morgan fingerprint density at radius 3 is 2.52 bits per heavy atom. The van der Waals surface area contributed by atoms with Gasteiger partial charge in [0, 0.05) is 19.0 Å². The minimum Gasteiger partial charge on any atom is -0.340 e. The Labute approximate surface area is 193 Å². The molecule has 3 rings (SSSR count). The number of nitrogens with zero attached hydrogens (tertiary/aromatic N) is 3. The van der Waals surface area contributed by atoms with Crippen molar-refractivity contribution < 1.29 is 9.59 Å². The summed E-state index contributed by atoms with van der Waals surface area (Å²) in [5.41, 5.74) is 1.32. The molecule has 7 nitrogen and oxygen atoms in total. The molecule has 0 unspecified atom stereocenters. The lowest BCUT2D eigenvalue weighted by Crippen LogP contribution is -2.28. The number of nitrogens with one attached hydrogen (secondary N) is 1. The highest BCUT2D eigenvalue weighted by molar-refractivity contribution is 8.00. The molecule has 2 heterocycles. The van der Waals surface area contributed by atoms with Gasteiger partial charge >= 0.3 is 0 Å². The molecule has 0 radical (unpaired) electrons. The molecule has 2 aromatic heterocycles. The van der Waals surface area contributed by atoms with E-state index in [0.29, 0.717) is 22.3 Å². The molecule has 0 aliphatic carbocycles. The Hall–Kier alpha value is -2.49. The van der Waals surface area contributed by atoms with Crippen LogP contribution in [0.15, 0.2) is 47.3 Å². The molecule has 0 fully saturated rings. The minimum absolute atomic E-state index is 0.0729. The van der Waals surface area contributed by atoms with Crippen LogP contribution in [0.4, 0.5) is 5.69 Å². The number of rotatable bonds is 8. The SMILES string of the molecule is Cc1c(NC(=O)CSCC(=O)N(C)Cc2ccc(Cl)s2)c(=O)n(-c2ccccc2)n1C. The summed E-state index contributed by atoms with van der Waals surface area (Å²) in [7, 11) is 3.49. The zero-order chi connectivity index (χ0) is 22.5. The van der Waals surface area contributed by atoms with Gasteiger partial charge in [-0.2, -0.15) is 0 Å². The summed E-state index contributed by atoms with van der Waals surface area (Å²) in [6.07, 6.45) is 0. The van der Waals surface area contributed by atoms with E-state index in [9.17, 15) is 14.4 Å².